The Morgan fingerprint density at radius 3 is 2.67 bits per heavy atom. The van der Waals surface area contributed by atoms with E-state index in [4.69, 9.17) is 0 Å². The SMILES string of the molecule is CNc1nc(C)c(C(=O)/C=C\N(C)C)s1. The van der Waals surface area contributed by atoms with Crippen LogP contribution in [-0.2, 0) is 0 Å². The molecule has 4 nitrogen and oxygen atoms in total. The molecule has 0 unspecified atom stereocenters. The molecule has 15 heavy (non-hydrogen) atoms. The molecule has 5 heteroatoms. The van der Waals surface area contributed by atoms with Gasteiger partial charge in [-0.25, -0.2) is 4.98 Å². The van der Waals surface area contributed by atoms with Gasteiger partial charge in [-0.15, -0.1) is 0 Å². The maximum atomic E-state index is 11.7. The average Bonchev–Trinajstić information content (AvgIpc) is 2.56. The number of carbonyl (C=O) groups excluding carboxylic acids is 1. The molecule has 0 saturated heterocycles. The summed E-state index contributed by atoms with van der Waals surface area (Å²) in [5, 5.41) is 3.70. The lowest BCUT2D eigenvalue weighted by atomic mass is 10.3. The molecule has 0 fully saturated rings. The highest BCUT2D eigenvalue weighted by Gasteiger charge is 2.11. The summed E-state index contributed by atoms with van der Waals surface area (Å²) in [5.41, 5.74) is 0.776. The maximum absolute atomic E-state index is 11.7. The van der Waals surface area contributed by atoms with Crippen molar-refractivity contribution in [3.63, 3.8) is 0 Å². The van der Waals surface area contributed by atoms with Crippen molar-refractivity contribution in [2.45, 2.75) is 6.92 Å². The second kappa shape index (κ2) is 4.93. The minimum absolute atomic E-state index is 0.000185. The van der Waals surface area contributed by atoms with Gasteiger partial charge < -0.3 is 10.2 Å². The quantitative estimate of drug-likeness (QED) is 0.626. The molecule has 1 heterocycles. The fourth-order valence-corrected chi connectivity index (χ4v) is 1.86. The van der Waals surface area contributed by atoms with Gasteiger partial charge >= 0.3 is 0 Å². The molecule has 0 aliphatic rings. The van der Waals surface area contributed by atoms with Gasteiger partial charge in [0.25, 0.3) is 0 Å². The van der Waals surface area contributed by atoms with Crippen LogP contribution in [0.4, 0.5) is 5.13 Å². The Hall–Kier alpha value is -1.36. The Kier molecular flexibility index (Phi) is 3.85. The summed E-state index contributed by atoms with van der Waals surface area (Å²) in [6, 6.07) is 0. The van der Waals surface area contributed by atoms with Gasteiger partial charge in [-0.3, -0.25) is 4.79 Å². The molecule has 0 spiro atoms. The van der Waals surface area contributed by atoms with Crippen LogP contribution < -0.4 is 5.32 Å². The molecule has 0 atom stereocenters. The standard InChI is InChI=1S/C10H15N3OS/c1-7-9(15-10(11-2)12-7)8(14)5-6-13(3)4/h5-6H,1-4H3,(H,11,12)/b6-5-. The van der Waals surface area contributed by atoms with E-state index in [2.05, 4.69) is 10.3 Å². The summed E-state index contributed by atoms with van der Waals surface area (Å²) >= 11 is 1.38. The molecular weight excluding hydrogens is 210 g/mol. The number of nitrogens with zero attached hydrogens (tertiary/aromatic N) is 2. The number of thiazole rings is 1. The van der Waals surface area contributed by atoms with Gasteiger partial charge in [0.05, 0.1) is 10.6 Å². The topological polar surface area (TPSA) is 45.2 Å². The van der Waals surface area contributed by atoms with Gasteiger partial charge in [-0.05, 0) is 6.92 Å². The number of hydrogen-bond acceptors (Lipinski definition) is 5. The van der Waals surface area contributed by atoms with E-state index in [1.54, 1.807) is 19.3 Å². The molecule has 0 aliphatic heterocycles. The summed E-state index contributed by atoms with van der Waals surface area (Å²) in [6.45, 7) is 1.84. The van der Waals surface area contributed by atoms with Crippen molar-refractivity contribution in [3.8, 4) is 0 Å². The van der Waals surface area contributed by atoms with Crippen molar-refractivity contribution in [2.24, 2.45) is 0 Å². The number of allylic oxidation sites excluding steroid dienone is 1. The van der Waals surface area contributed by atoms with Crippen LogP contribution in [0, 0.1) is 6.92 Å². The first kappa shape index (κ1) is 11.7. The largest absolute Gasteiger partial charge is 0.383 e. The van der Waals surface area contributed by atoms with Crippen LogP contribution in [-0.4, -0.2) is 36.8 Å². The highest BCUT2D eigenvalue weighted by molar-refractivity contribution is 7.17. The zero-order chi connectivity index (χ0) is 11.4. The normalized spacial score (nSPS) is 10.7. The highest BCUT2D eigenvalue weighted by Crippen LogP contribution is 2.22. The van der Waals surface area contributed by atoms with Crippen LogP contribution in [0.5, 0.6) is 0 Å². The number of aryl methyl sites for hydroxylation is 1. The summed E-state index contributed by atoms with van der Waals surface area (Å²) in [4.78, 5) is 18.5. The second-order valence-corrected chi connectivity index (χ2v) is 4.33. The zero-order valence-electron chi connectivity index (χ0n) is 9.37. The first-order chi connectivity index (χ1) is 7.04. The van der Waals surface area contributed by atoms with Gasteiger partial charge in [0, 0.05) is 33.4 Å². The van der Waals surface area contributed by atoms with Gasteiger partial charge in [-0.1, -0.05) is 11.3 Å². The summed E-state index contributed by atoms with van der Waals surface area (Å²) in [7, 11) is 5.55. The van der Waals surface area contributed by atoms with E-state index in [9.17, 15) is 4.79 Å². The van der Waals surface area contributed by atoms with Crippen molar-refractivity contribution in [1.82, 2.24) is 9.88 Å². The van der Waals surface area contributed by atoms with Crippen LogP contribution in [0.1, 0.15) is 15.4 Å². The maximum Gasteiger partial charge on any atom is 0.199 e. The molecule has 1 aromatic heterocycles. The van der Waals surface area contributed by atoms with Crippen molar-refractivity contribution < 1.29 is 4.79 Å². The van der Waals surface area contributed by atoms with E-state index in [1.165, 1.54) is 11.3 Å². The van der Waals surface area contributed by atoms with E-state index in [0.717, 1.165) is 10.8 Å². The molecule has 1 N–H and O–H groups in total. The molecular formula is C10H15N3OS. The molecule has 0 bridgehead atoms. The van der Waals surface area contributed by atoms with E-state index >= 15 is 0 Å². The third-order valence-corrected chi connectivity index (χ3v) is 2.95. The third kappa shape index (κ3) is 3.06. The fourth-order valence-electron chi connectivity index (χ4n) is 1.02. The average molecular weight is 225 g/mol. The lowest BCUT2D eigenvalue weighted by molar-refractivity contribution is 0.104. The van der Waals surface area contributed by atoms with Gasteiger partial charge in [0.15, 0.2) is 10.9 Å². The second-order valence-electron chi connectivity index (χ2n) is 3.33. The number of ketones is 1. The predicted molar refractivity (Wildman–Crippen MR) is 63.6 cm³/mol. The van der Waals surface area contributed by atoms with Crippen LogP contribution >= 0.6 is 11.3 Å². The first-order valence-corrected chi connectivity index (χ1v) is 5.40. The molecule has 82 valence electrons. The Morgan fingerprint density at radius 2 is 2.20 bits per heavy atom. The summed E-state index contributed by atoms with van der Waals surface area (Å²) in [6.07, 6.45) is 3.29. The Balaban J connectivity index is 2.86. The number of aromatic nitrogens is 1. The smallest absolute Gasteiger partial charge is 0.199 e. The molecule has 0 amide bonds. The molecule has 0 saturated carbocycles. The zero-order valence-corrected chi connectivity index (χ0v) is 10.2. The monoisotopic (exact) mass is 225 g/mol. The number of anilines is 1. The van der Waals surface area contributed by atoms with E-state index in [1.807, 2.05) is 25.9 Å². The number of carbonyl (C=O) groups is 1. The Bertz CT molecular complexity index is 382. The van der Waals surface area contributed by atoms with E-state index in [0.29, 0.717) is 4.88 Å². The lowest BCUT2D eigenvalue weighted by Gasteiger charge is -2.01. The van der Waals surface area contributed by atoms with Crippen molar-refractivity contribution in [3.05, 3.63) is 22.8 Å². The Morgan fingerprint density at radius 1 is 1.53 bits per heavy atom. The minimum atomic E-state index is 0.000185. The van der Waals surface area contributed by atoms with Gasteiger partial charge in [-0.2, -0.15) is 0 Å². The van der Waals surface area contributed by atoms with E-state index in [-0.39, 0.29) is 5.78 Å². The van der Waals surface area contributed by atoms with Gasteiger partial charge in [0.2, 0.25) is 0 Å². The van der Waals surface area contributed by atoms with Crippen molar-refractivity contribution in [1.29, 1.82) is 0 Å². The Labute approximate surface area is 93.6 Å². The lowest BCUT2D eigenvalue weighted by Crippen LogP contribution is -2.02. The number of nitrogens with one attached hydrogen (secondary N) is 1. The molecule has 1 rings (SSSR count). The molecule has 0 radical (unpaired) electrons. The van der Waals surface area contributed by atoms with E-state index < -0.39 is 0 Å². The summed E-state index contributed by atoms with van der Waals surface area (Å²) in [5.74, 6) is 0.000185. The highest BCUT2D eigenvalue weighted by atomic mass is 32.1. The third-order valence-electron chi connectivity index (χ3n) is 1.76. The van der Waals surface area contributed by atoms with Crippen LogP contribution in [0.25, 0.3) is 0 Å². The first-order valence-electron chi connectivity index (χ1n) is 4.58. The van der Waals surface area contributed by atoms with Crippen LogP contribution in [0.15, 0.2) is 12.3 Å². The van der Waals surface area contributed by atoms with Gasteiger partial charge in [0.1, 0.15) is 0 Å². The minimum Gasteiger partial charge on any atom is -0.383 e. The number of rotatable bonds is 4. The molecule has 1 aromatic rings. The number of hydrogen-bond donors (Lipinski definition) is 1. The fraction of sp³-hybridized carbons (Fsp3) is 0.400. The van der Waals surface area contributed by atoms with Crippen molar-refractivity contribution >= 4 is 22.3 Å². The predicted octanol–water partition coefficient (Wildman–Crippen LogP) is 1.75. The summed E-state index contributed by atoms with van der Waals surface area (Å²) < 4.78 is 0. The molecule has 0 aliphatic carbocycles. The van der Waals surface area contributed by atoms with Crippen molar-refractivity contribution in [2.75, 3.05) is 26.5 Å². The molecule has 0 aromatic carbocycles. The van der Waals surface area contributed by atoms with Crippen LogP contribution in [0.3, 0.4) is 0 Å². The van der Waals surface area contributed by atoms with Crippen LogP contribution in [0.2, 0.25) is 0 Å².